The second kappa shape index (κ2) is 7.20. The van der Waals surface area contributed by atoms with Crippen LogP contribution in [0.15, 0.2) is 0 Å². The van der Waals surface area contributed by atoms with Crippen LogP contribution in [0.3, 0.4) is 0 Å². The van der Waals surface area contributed by atoms with Crippen LogP contribution in [0.25, 0.3) is 0 Å². The van der Waals surface area contributed by atoms with Gasteiger partial charge in [0.15, 0.2) is 0 Å². The van der Waals surface area contributed by atoms with Gasteiger partial charge in [0, 0.05) is 18.6 Å². The summed E-state index contributed by atoms with van der Waals surface area (Å²) in [5.41, 5.74) is 0. The van der Waals surface area contributed by atoms with Gasteiger partial charge >= 0.3 is 0 Å². The van der Waals surface area contributed by atoms with E-state index in [0.29, 0.717) is 6.04 Å². The van der Waals surface area contributed by atoms with E-state index in [-0.39, 0.29) is 12.6 Å². The number of nitrogens with zero attached hydrogens (tertiary/aromatic N) is 1. The zero-order chi connectivity index (χ0) is 11.1. The van der Waals surface area contributed by atoms with Gasteiger partial charge in [-0.25, -0.2) is 0 Å². The molecule has 0 aromatic rings. The van der Waals surface area contributed by atoms with Crippen LogP contribution in [0, 0.1) is 0 Å². The molecule has 3 nitrogen and oxygen atoms in total. The molecule has 0 aromatic heterocycles. The molecule has 0 bridgehead atoms. The summed E-state index contributed by atoms with van der Waals surface area (Å²) in [5.74, 6) is 0. The van der Waals surface area contributed by atoms with Crippen molar-refractivity contribution in [2.75, 3.05) is 26.2 Å². The Hall–Kier alpha value is -0.120. The summed E-state index contributed by atoms with van der Waals surface area (Å²) in [4.78, 5) is 2.49. The van der Waals surface area contributed by atoms with Gasteiger partial charge in [-0.15, -0.1) is 0 Å². The average molecular weight is 214 g/mol. The van der Waals surface area contributed by atoms with E-state index >= 15 is 0 Å². The van der Waals surface area contributed by atoms with Crippen molar-refractivity contribution < 1.29 is 5.11 Å². The lowest BCUT2D eigenvalue weighted by Crippen LogP contribution is -2.46. The monoisotopic (exact) mass is 214 g/mol. The topological polar surface area (TPSA) is 35.5 Å². The van der Waals surface area contributed by atoms with E-state index in [0.717, 1.165) is 6.54 Å². The van der Waals surface area contributed by atoms with E-state index in [9.17, 15) is 5.11 Å². The third-order valence-electron chi connectivity index (χ3n) is 2.97. The summed E-state index contributed by atoms with van der Waals surface area (Å²) >= 11 is 0. The third-order valence-corrected chi connectivity index (χ3v) is 2.97. The number of aliphatic hydroxyl groups is 1. The molecule has 0 aliphatic carbocycles. The van der Waals surface area contributed by atoms with Crippen LogP contribution in [0.2, 0.25) is 0 Å². The minimum Gasteiger partial charge on any atom is -0.395 e. The molecule has 1 aliphatic rings. The van der Waals surface area contributed by atoms with E-state index < -0.39 is 0 Å². The van der Waals surface area contributed by atoms with Crippen LogP contribution >= 0.6 is 0 Å². The quantitative estimate of drug-likeness (QED) is 0.722. The number of nitrogens with one attached hydrogen (secondary N) is 1. The fourth-order valence-corrected chi connectivity index (χ4v) is 2.26. The Bertz CT molecular complexity index is 154. The highest BCUT2D eigenvalue weighted by molar-refractivity contribution is 4.74. The molecule has 1 aliphatic heterocycles. The Kier molecular flexibility index (Phi) is 6.22. The van der Waals surface area contributed by atoms with Crippen molar-refractivity contribution in [1.82, 2.24) is 10.2 Å². The molecule has 0 saturated carbocycles. The van der Waals surface area contributed by atoms with Crippen LogP contribution in [-0.2, 0) is 0 Å². The average Bonchev–Trinajstić information content (AvgIpc) is 2.44. The van der Waals surface area contributed by atoms with Crippen molar-refractivity contribution in [3.8, 4) is 0 Å². The molecular formula is C12H26N2O. The van der Waals surface area contributed by atoms with Crippen LogP contribution in [0.5, 0.6) is 0 Å². The van der Waals surface area contributed by atoms with Gasteiger partial charge in [-0.05, 0) is 25.9 Å². The molecule has 2 N–H and O–H groups in total. The van der Waals surface area contributed by atoms with E-state index in [4.69, 9.17) is 0 Å². The molecule has 1 heterocycles. The first-order chi connectivity index (χ1) is 7.22. The Labute approximate surface area is 93.9 Å². The van der Waals surface area contributed by atoms with Crippen molar-refractivity contribution in [2.45, 2.75) is 51.6 Å². The molecule has 90 valence electrons. The van der Waals surface area contributed by atoms with Crippen molar-refractivity contribution in [1.29, 1.82) is 0 Å². The lowest BCUT2D eigenvalue weighted by atomic mass is 10.2. The number of likely N-dealkylation sites (tertiary alicyclic amines) is 1. The van der Waals surface area contributed by atoms with Crippen LogP contribution < -0.4 is 5.32 Å². The minimum absolute atomic E-state index is 0.239. The van der Waals surface area contributed by atoms with Gasteiger partial charge in [0.1, 0.15) is 0 Å². The first-order valence-electron chi connectivity index (χ1n) is 6.31. The van der Waals surface area contributed by atoms with E-state index in [1.54, 1.807) is 0 Å². The lowest BCUT2D eigenvalue weighted by Gasteiger charge is -2.27. The standard InChI is InChI=1S/C12H26N2O/c1-11(2)13-12(10-15)9-14-7-5-3-4-6-8-14/h11-13,15H,3-10H2,1-2H3. The zero-order valence-corrected chi connectivity index (χ0v) is 10.2. The fourth-order valence-electron chi connectivity index (χ4n) is 2.26. The summed E-state index contributed by atoms with van der Waals surface area (Å²) < 4.78 is 0. The Morgan fingerprint density at radius 3 is 2.20 bits per heavy atom. The molecule has 1 fully saturated rings. The number of rotatable bonds is 5. The fraction of sp³-hybridized carbons (Fsp3) is 1.00. The van der Waals surface area contributed by atoms with Crippen LogP contribution in [0.4, 0.5) is 0 Å². The number of hydrogen-bond acceptors (Lipinski definition) is 3. The molecule has 0 spiro atoms. The van der Waals surface area contributed by atoms with Gasteiger partial charge in [0.2, 0.25) is 0 Å². The van der Waals surface area contributed by atoms with Crippen molar-refractivity contribution >= 4 is 0 Å². The summed E-state index contributed by atoms with van der Waals surface area (Å²) in [5, 5.41) is 12.7. The van der Waals surface area contributed by atoms with Crippen molar-refractivity contribution in [3.05, 3.63) is 0 Å². The van der Waals surface area contributed by atoms with Crippen LogP contribution in [0.1, 0.15) is 39.5 Å². The second-order valence-electron chi connectivity index (χ2n) is 4.92. The van der Waals surface area contributed by atoms with Gasteiger partial charge in [0.05, 0.1) is 6.61 Å². The summed E-state index contributed by atoms with van der Waals surface area (Å²) in [6.45, 7) is 7.91. The normalized spacial score (nSPS) is 21.6. The molecule has 1 atom stereocenters. The maximum Gasteiger partial charge on any atom is 0.0597 e. The molecule has 1 saturated heterocycles. The molecule has 0 aromatic carbocycles. The Balaban J connectivity index is 2.28. The van der Waals surface area contributed by atoms with E-state index in [1.807, 2.05) is 0 Å². The van der Waals surface area contributed by atoms with E-state index in [1.165, 1.54) is 38.8 Å². The van der Waals surface area contributed by atoms with Crippen molar-refractivity contribution in [3.63, 3.8) is 0 Å². The van der Waals surface area contributed by atoms with Crippen molar-refractivity contribution in [2.24, 2.45) is 0 Å². The highest BCUT2D eigenvalue weighted by atomic mass is 16.3. The Morgan fingerprint density at radius 1 is 1.13 bits per heavy atom. The molecule has 15 heavy (non-hydrogen) atoms. The van der Waals surface area contributed by atoms with Gasteiger partial charge in [-0.2, -0.15) is 0 Å². The number of aliphatic hydroxyl groups excluding tert-OH is 1. The Morgan fingerprint density at radius 2 is 1.73 bits per heavy atom. The minimum atomic E-state index is 0.239. The molecule has 3 heteroatoms. The predicted octanol–water partition coefficient (Wildman–Crippen LogP) is 1.22. The van der Waals surface area contributed by atoms with Gasteiger partial charge < -0.3 is 15.3 Å². The largest absolute Gasteiger partial charge is 0.395 e. The number of hydrogen-bond donors (Lipinski definition) is 2. The summed E-state index contributed by atoms with van der Waals surface area (Å²) in [6, 6.07) is 0.692. The lowest BCUT2D eigenvalue weighted by molar-refractivity contribution is 0.178. The highest BCUT2D eigenvalue weighted by Gasteiger charge is 2.15. The highest BCUT2D eigenvalue weighted by Crippen LogP contribution is 2.09. The third kappa shape index (κ3) is 5.50. The first kappa shape index (κ1) is 12.9. The molecule has 0 radical (unpaired) electrons. The van der Waals surface area contributed by atoms with E-state index in [2.05, 4.69) is 24.1 Å². The van der Waals surface area contributed by atoms with Gasteiger partial charge in [0.25, 0.3) is 0 Å². The summed E-state index contributed by atoms with van der Waals surface area (Å²) in [7, 11) is 0. The maximum absolute atomic E-state index is 9.29. The van der Waals surface area contributed by atoms with Gasteiger partial charge in [-0.1, -0.05) is 26.7 Å². The second-order valence-corrected chi connectivity index (χ2v) is 4.92. The molecule has 0 amide bonds. The SMILES string of the molecule is CC(C)NC(CO)CN1CCCCCC1. The summed E-state index contributed by atoms with van der Waals surface area (Å²) in [6.07, 6.45) is 5.38. The first-order valence-corrected chi connectivity index (χ1v) is 6.31. The van der Waals surface area contributed by atoms with Gasteiger partial charge in [-0.3, -0.25) is 0 Å². The zero-order valence-electron chi connectivity index (χ0n) is 10.2. The smallest absolute Gasteiger partial charge is 0.0597 e. The van der Waals surface area contributed by atoms with Crippen LogP contribution in [-0.4, -0.2) is 48.3 Å². The molecule has 1 unspecified atom stereocenters. The molecule has 1 rings (SSSR count). The predicted molar refractivity (Wildman–Crippen MR) is 64.1 cm³/mol. The molecular weight excluding hydrogens is 188 g/mol. The maximum atomic E-state index is 9.29.